The van der Waals surface area contributed by atoms with Crippen LogP contribution < -0.4 is 4.74 Å². The normalized spacial score (nSPS) is 14.3. The van der Waals surface area contributed by atoms with Crippen LogP contribution in [0.4, 0.5) is 0 Å². The Bertz CT molecular complexity index is 625. The molecule has 1 aliphatic rings. The topological polar surface area (TPSA) is 35.0 Å². The van der Waals surface area contributed by atoms with E-state index in [1.165, 1.54) is 0 Å². The summed E-state index contributed by atoms with van der Waals surface area (Å²) in [4.78, 5) is 8.80. The molecule has 1 heterocycles. The first-order valence-electron chi connectivity index (χ1n) is 6.55. The predicted molar refractivity (Wildman–Crippen MR) is 79.5 cm³/mol. The lowest BCUT2D eigenvalue weighted by Crippen LogP contribution is -2.03. The maximum absolute atomic E-state index is 6.14. The summed E-state index contributed by atoms with van der Waals surface area (Å²) in [6, 6.07) is 7.55. The summed E-state index contributed by atoms with van der Waals surface area (Å²) in [5.41, 5.74) is 1.82. The number of benzene rings is 1. The van der Waals surface area contributed by atoms with Gasteiger partial charge in [-0.15, -0.1) is 0 Å². The minimum Gasteiger partial charge on any atom is -0.472 e. The first-order valence-corrected chi connectivity index (χ1v) is 7.30. The Kier molecular flexibility index (Phi) is 3.81. The molecule has 0 amide bonds. The van der Waals surface area contributed by atoms with Crippen LogP contribution in [0.25, 0.3) is 0 Å². The standard InChI is InChI=1S/C15H14Cl2N2O/c1-9-13(17)18-14(11-4-5-11)19-15(9)20-8-10-2-6-12(16)7-3-10/h2-3,6-7,11H,4-5,8H2,1H3. The molecule has 1 aromatic heterocycles. The molecular formula is C15H14Cl2N2O. The number of hydrogen-bond acceptors (Lipinski definition) is 3. The smallest absolute Gasteiger partial charge is 0.221 e. The zero-order valence-electron chi connectivity index (χ0n) is 11.1. The van der Waals surface area contributed by atoms with E-state index in [9.17, 15) is 0 Å². The van der Waals surface area contributed by atoms with E-state index in [1.54, 1.807) is 0 Å². The molecule has 104 valence electrons. The van der Waals surface area contributed by atoms with E-state index >= 15 is 0 Å². The van der Waals surface area contributed by atoms with E-state index in [0.717, 1.165) is 29.8 Å². The third-order valence-corrected chi connectivity index (χ3v) is 3.91. The van der Waals surface area contributed by atoms with Gasteiger partial charge < -0.3 is 4.74 Å². The van der Waals surface area contributed by atoms with Crippen molar-refractivity contribution < 1.29 is 4.74 Å². The Labute approximate surface area is 127 Å². The summed E-state index contributed by atoms with van der Waals surface area (Å²) in [5.74, 6) is 1.82. The average molecular weight is 309 g/mol. The van der Waals surface area contributed by atoms with Gasteiger partial charge in [0.15, 0.2) is 0 Å². The summed E-state index contributed by atoms with van der Waals surface area (Å²) in [5, 5.41) is 1.19. The second-order valence-electron chi connectivity index (χ2n) is 4.99. The molecule has 1 aliphatic carbocycles. The van der Waals surface area contributed by atoms with Crippen LogP contribution in [0.1, 0.15) is 35.7 Å². The molecular weight excluding hydrogens is 295 g/mol. The van der Waals surface area contributed by atoms with E-state index < -0.39 is 0 Å². The van der Waals surface area contributed by atoms with Gasteiger partial charge in [0, 0.05) is 16.5 Å². The molecule has 1 aromatic carbocycles. The summed E-state index contributed by atoms with van der Waals surface area (Å²) in [7, 11) is 0. The molecule has 0 aliphatic heterocycles. The van der Waals surface area contributed by atoms with Crippen molar-refractivity contribution in [1.29, 1.82) is 0 Å². The molecule has 1 saturated carbocycles. The summed E-state index contributed by atoms with van der Waals surface area (Å²) in [6.45, 7) is 2.31. The Morgan fingerprint density at radius 1 is 1.15 bits per heavy atom. The minimum atomic E-state index is 0.440. The highest BCUT2D eigenvalue weighted by atomic mass is 35.5. The summed E-state index contributed by atoms with van der Waals surface area (Å²) < 4.78 is 5.78. The molecule has 0 bridgehead atoms. The molecule has 1 fully saturated rings. The third-order valence-electron chi connectivity index (χ3n) is 3.29. The molecule has 0 saturated heterocycles. The highest BCUT2D eigenvalue weighted by Gasteiger charge is 2.28. The van der Waals surface area contributed by atoms with E-state index in [-0.39, 0.29) is 0 Å². The Morgan fingerprint density at radius 3 is 2.50 bits per heavy atom. The first kappa shape index (κ1) is 13.7. The van der Waals surface area contributed by atoms with Gasteiger partial charge in [-0.25, -0.2) is 4.98 Å². The molecule has 20 heavy (non-hydrogen) atoms. The zero-order chi connectivity index (χ0) is 14.1. The lowest BCUT2D eigenvalue weighted by atomic mass is 10.2. The van der Waals surface area contributed by atoms with Gasteiger partial charge in [-0.3, -0.25) is 0 Å². The van der Waals surface area contributed by atoms with Gasteiger partial charge in [-0.1, -0.05) is 35.3 Å². The summed E-state index contributed by atoms with van der Waals surface area (Å²) in [6.07, 6.45) is 2.27. The first-order chi connectivity index (χ1) is 9.63. The quantitative estimate of drug-likeness (QED) is 0.777. The number of ether oxygens (including phenoxy) is 1. The molecule has 0 unspecified atom stereocenters. The minimum absolute atomic E-state index is 0.440. The molecule has 0 atom stereocenters. The Morgan fingerprint density at radius 2 is 1.85 bits per heavy atom. The van der Waals surface area contributed by atoms with E-state index in [4.69, 9.17) is 27.9 Å². The van der Waals surface area contributed by atoms with Gasteiger partial charge in [0.05, 0.1) is 0 Å². The van der Waals surface area contributed by atoms with Gasteiger partial charge in [0.1, 0.15) is 17.6 Å². The van der Waals surface area contributed by atoms with Crippen LogP contribution in [0.3, 0.4) is 0 Å². The van der Waals surface area contributed by atoms with Crippen molar-refractivity contribution in [1.82, 2.24) is 9.97 Å². The highest BCUT2D eigenvalue weighted by Crippen LogP contribution is 2.39. The lowest BCUT2D eigenvalue weighted by molar-refractivity contribution is 0.290. The highest BCUT2D eigenvalue weighted by molar-refractivity contribution is 6.30. The van der Waals surface area contributed by atoms with Crippen LogP contribution in [0.15, 0.2) is 24.3 Å². The van der Waals surface area contributed by atoms with Crippen LogP contribution in [0.2, 0.25) is 10.2 Å². The van der Waals surface area contributed by atoms with Crippen molar-refractivity contribution in [3.05, 3.63) is 51.4 Å². The molecule has 0 radical (unpaired) electrons. The monoisotopic (exact) mass is 308 g/mol. The largest absolute Gasteiger partial charge is 0.472 e. The van der Waals surface area contributed by atoms with Gasteiger partial charge in [0.2, 0.25) is 5.88 Å². The van der Waals surface area contributed by atoms with E-state index in [0.29, 0.717) is 28.6 Å². The van der Waals surface area contributed by atoms with Crippen LogP contribution in [0, 0.1) is 6.92 Å². The SMILES string of the molecule is Cc1c(Cl)nc(C2CC2)nc1OCc1ccc(Cl)cc1. The maximum Gasteiger partial charge on any atom is 0.221 e. The van der Waals surface area contributed by atoms with Gasteiger partial charge in [-0.05, 0) is 37.5 Å². The van der Waals surface area contributed by atoms with Crippen molar-refractivity contribution >= 4 is 23.2 Å². The average Bonchev–Trinajstić information content (AvgIpc) is 3.26. The second-order valence-corrected chi connectivity index (χ2v) is 5.79. The molecule has 5 heteroatoms. The molecule has 3 rings (SSSR count). The van der Waals surface area contributed by atoms with Gasteiger partial charge in [-0.2, -0.15) is 4.98 Å². The number of rotatable bonds is 4. The van der Waals surface area contributed by atoms with Crippen LogP contribution in [-0.2, 0) is 6.61 Å². The van der Waals surface area contributed by atoms with E-state index in [1.807, 2.05) is 31.2 Å². The predicted octanol–water partition coefficient (Wildman–Crippen LogP) is 4.55. The molecule has 0 N–H and O–H groups in total. The van der Waals surface area contributed by atoms with Crippen LogP contribution in [0.5, 0.6) is 5.88 Å². The summed E-state index contributed by atoms with van der Waals surface area (Å²) >= 11 is 12.0. The van der Waals surface area contributed by atoms with Gasteiger partial charge >= 0.3 is 0 Å². The van der Waals surface area contributed by atoms with Crippen molar-refractivity contribution in [3.63, 3.8) is 0 Å². The van der Waals surface area contributed by atoms with Crippen molar-refractivity contribution in [2.24, 2.45) is 0 Å². The number of halogens is 2. The fourth-order valence-corrected chi connectivity index (χ4v) is 2.18. The lowest BCUT2D eigenvalue weighted by Gasteiger charge is -2.10. The van der Waals surface area contributed by atoms with Crippen molar-refractivity contribution in [2.75, 3.05) is 0 Å². The molecule has 2 aromatic rings. The molecule has 0 spiro atoms. The number of aromatic nitrogens is 2. The second kappa shape index (κ2) is 5.58. The zero-order valence-corrected chi connectivity index (χ0v) is 12.6. The van der Waals surface area contributed by atoms with Gasteiger partial charge in [0.25, 0.3) is 0 Å². The van der Waals surface area contributed by atoms with Crippen LogP contribution in [-0.4, -0.2) is 9.97 Å². The fraction of sp³-hybridized carbons (Fsp3) is 0.333. The van der Waals surface area contributed by atoms with Crippen molar-refractivity contribution in [3.8, 4) is 5.88 Å². The van der Waals surface area contributed by atoms with E-state index in [2.05, 4.69) is 9.97 Å². The molecule has 3 nitrogen and oxygen atoms in total. The van der Waals surface area contributed by atoms with Crippen LogP contribution >= 0.6 is 23.2 Å². The Balaban J connectivity index is 1.77. The number of nitrogens with zero attached hydrogens (tertiary/aromatic N) is 2. The Hall–Kier alpha value is -1.32. The maximum atomic E-state index is 6.14. The third kappa shape index (κ3) is 3.05. The fourth-order valence-electron chi connectivity index (χ4n) is 1.88. The number of hydrogen-bond donors (Lipinski definition) is 0. The van der Waals surface area contributed by atoms with Crippen molar-refractivity contribution in [2.45, 2.75) is 32.3 Å².